The van der Waals surface area contributed by atoms with E-state index >= 15 is 0 Å². The van der Waals surface area contributed by atoms with E-state index < -0.39 is 0 Å². The van der Waals surface area contributed by atoms with E-state index in [4.69, 9.17) is 8.83 Å². The molecule has 0 aliphatic rings. The van der Waals surface area contributed by atoms with Crippen LogP contribution in [0.4, 0.5) is 0 Å². The Hall–Kier alpha value is -2.36. The molecule has 0 aliphatic carbocycles. The zero-order valence-electron chi connectivity index (χ0n) is 10.6. The Labute approximate surface area is 110 Å². The van der Waals surface area contributed by atoms with Crippen LogP contribution in [0.1, 0.15) is 29.8 Å². The van der Waals surface area contributed by atoms with Crippen molar-refractivity contribution in [2.75, 3.05) is 0 Å². The summed E-state index contributed by atoms with van der Waals surface area (Å²) >= 11 is 0. The summed E-state index contributed by atoms with van der Waals surface area (Å²) in [5.74, 6) is 1.73. The molecule has 0 bridgehead atoms. The van der Waals surface area contributed by atoms with Crippen LogP contribution in [-0.2, 0) is 6.42 Å². The Morgan fingerprint density at radius 1 is 1.21 bits per heavy atom. The molecule has 0 fully saturated rings. The third-order valence-electron chi connectivity index (χ3n) is 2.92. The van der Waals surface area contributed by atoms with Gasteiger partial charge in [-0.2, -0.15) is 0 Å². The van der Waals surface area contributed by atoms with Crippen LogP contribution in [0.3, 0.4) is 0 Å². The maximum absolute atomic E-state index is 10.6. The number of hydrogen-bond donors (Lipinski definition) is 0. The summed E-state index contributed by atoms with van der Waals surface area (Å²) in [7, 11) is 0. The number of oxazole rings is 1. The van der Waals surface area contributed by atoms with Gasteiger partial charge < -0.3 is 8.83 Å². The quantitative estimate of drug-likeness (QED) is 0.664. The molecule has 0 spiro atoms. The van der Waals surface area contributed by atoms with E-state index in [0.717, 1.165) is 35.4 Å². The Morgan fingerprint density at radius 2 is 2.11 bits per heavy atom. The minimum atomic E-state index is 0.321. The van der Waals surface area contributed by atoms with Gasteiger partial charge in [0.05, 0.1) is 0 Å². The molecule has 2 heterocycles. The Morgan fingerprint density at radius 3 is 2.84 bits per heavy atom. The van der Waals surface area contributed by atoms with E-state index in [9.17, 15) is 4.79 Å². The van der Waals surface area contributed by atoms with Gasteiger partial charge in [-0.1, -0.05) is 6.92 Å². The van der Waals surface area contributed by atoms with Gasteiger partial charge in [-0.25, -0.2) is 4.98 Å². The lowest BCUT2D eigenvalue weighted by atomic mass is 10.1. The fraction of sp³-hybridized carbons (Fsp3) is 0.200. The summed E-state index contributed by atoms with van der Waals surface area (Å²) in [5, 5.41) is 0. The summed E-state index contributed by atoms with van der Waals surface area (Å²) in [6.07, 6.45) is 2.53. The molecule has 1 aromatic carbocycles. The molecule has 2 aromatic heterocycles. The maximum Gasteiger partial charge on any atom is 0.195 e. The predicted octanol–water partition coefficient (Wildman–Crippen LogP) is 3.85. The molecule has 0 saturated heterocycles. The van der Waals surface area contributed by atoms with Gasteiger partial charge in [-0.15, -0.1) is 0 Å². The molecular weight excluding hydrogens is 242 g/mol. The molecule has 19 heavy (non-hydrogen) atoms. The number of benzene rings is 1. The lowest BCUT2D eigenvalue weighted by Crippen LogP contribution is -1.80. The second kappa shape index (κ2) is 4.72. The van der Waals surface area contributed by atoms with Gasteiger partial charge in [0.1, 0.15) is 11.3 Å². The van der Waals surface area contributed by atoms with Crippen LogP contribution in [0, 0.1) is 0 Å². The zero-order chi connectivity index (χ0) is 13.2. The van der Waals surface area contributed by atoms with Crippen molar-refractivity contribution >= 4 is 17.4 Å². The Bertz CT molecular complexity index is 724. The first-order chi connectivity index (χ1) is 9.30. The average Bonchev–Trinajstić information content (AvgIpc) is 3.04. The monoisotopic (exact) mass is 255 g/mol. The summed E-state index contributed by atoms with van der Waals surface area (Å²) in [5.41, 5.74) is 2.47. The number of aldehydes is 1. The first-order valence-corrected chi connectivity index (χ1v) is 6.25. The number of aryl methyl sites for hydroxylation is 1. The first kappa shape index (κ1) is 11.7. The van der Waals surface area contributed by atoms with Gasteiger partial charge in [-0.3, -0.25) is 4.79 Å². The lowest BCUT2D eigenvalue weighted by molar-refractivity contribution is 0.110. The number of furan rings is 1. The number of carbonyl (C=O) groups is 1. The van der Waals surface area contributed by atoms with Gasteiger partial charge >= 0.3 is 0 Å². The van der Waals surface area contributed by atoms with Crippen LogP contribution in [0.2, 0.25) is 0 Å². The zero-order valence-corrected chi connectivity index (χ0v) is 10.6. The number of fused-ring (bicyclic) bond motifs is 1. The lowest BCUT2D eigenvalue weighted by Gasteiger charge is -1.95. The maximum atomic E-state index is 10.6. The summed E-state index contributed by atoms with van der Waals surface area (Å²) < 4.78 is 11.0. The summed E-state index contributed by atoms with van der Waals surface area (Å²) in [6.45, 7) is 2.09. The second-order valence-electron chi connectivity index (χ2n) is 4.36. The van der Waals surface area contributed by atoms with Crippen molar-refractivity contribution in [1.82, 2.24) is 4.98 Å². The standard InChI is InChI=1S/C15H13NO3/c1-2-3-15-16-12-8-10(4-6-14(12)19-15)13-7-5-11(9-17)18-13/h4-9H,2-3H2,1H3. The van der Waals surface area contributed by atoms with E-state index in [2.05, 4.69) is 11.9 Å². The van der Waals surface area contributed by atoms with Crippen molar-refractivity contribution in [3.05, 3.63) is 42.0 Å². The average molecular weight is 255 g/mol. The van der Waals surface area contributed by atoms with Crippen LogP contribution in [-0.4, -0.2) is 11.3 Å². The molecule has 0 radical (unpaired) electrons. The Kier molecular flexibility index (Phi) is 2.91. The molecule has 3 rings (SSSR count). The van der Waals surface area contributed by atoms with Crippen molar-refractivity contribution in [1.29, 1.82) is 0 Å². The van der Waals surface area contributed by atoms with E-state index in [1.54, 1.807) is 12.1 Å². The van der Waals surface area contributed by atoms with Gasteiger partial charge in [0.25, 0.3) is 0 Å². The Balaban J connectivity index is 2.02. The van der Waals surface area contributed by atoms with Gasteiger partial charge in [0.15, 0.2) is 23.5 Å². The SMILES string of the molecule is CCCc1nc2cc(-c3ccc(C=O)o3)ccc2o1. The van der Waals surface area contributed by atoms with E-state index in [1.165, 1.54) is 0 Å². The van der Waals surface area contributed by atoms with Crippen molar-refractivity contribution in [3.8, 4) is 11.3 Å². The molecule has 4 nitrogen and oxygen atoms in total. The topological polar surface area (TPSA) is 56.2 Å². The molecule has 0 aliphatic heterocycles. The minimum Gasteiger partial charge on any atom is -0.453 e. The fourth-order valence-corrected chi connectivity index (χ4v) is 2.02. The number of aromatic nitrogens is 1. The molecule has 0 N–H and O–H groups in total. The first-order valence-electron chi connectivity index (χ1n) is 6.25. The van der Waals surface area contributed by atoms with Crippen LogP contribution in [0.25, 0.3) is 22.4 Å². The molecule has 96 valence electrons. The number of carbonyl (C=O) groups excluding carboxylic acids is 1. The molecule has 0 saturated carbocycles. The normalized spacial score (nSPS) is 11.0. The van der Waals surface area contributed by atoms with Crippen molar-refractivity contribution in [2.45, 2.75) is 19.8 Å². The highest BCUT2D eigenvalue weighted by molar-refractivity contribution is 5.80. The number of hydrogen-bond acceptors (Lipinski definition) is 4. The van der Waals surface area contributed by atoms with Gasteiger partial charge in [0, 0.05) is 12.0 Å². The molecule has 3 aromatic rings. The van der Waals surface area contributed by atoms with Crippen LogP contribution in [0.5, 0.6) is 0 Å². The number of nitrogens with zero attached hydrogens (tertiary/aromatic N) is 1. The molecule has 0 atom stereocenters. The third-order valence-corrected chi connectivity index (χ3v) is 2.92. The predicted molar refractivity (Wildman–Crippen MR) is 71.1 cm³/mol. The highest BCUT2D eigenvalue weighted by Gasteiger charge is 2.09. The van der Waals surface area contributed by atoms with E-state index in [1.807, 2.05) is 18.2 Å². The highest BCUT2D eigenvalue weighted by Crippen LogP contribution is 2.26. The van der Waals surface area contributed by atoms with Gasteiger partial charge in [-0.05, 0) is 36.8 Å². The smallest absolute Gasteiger partial charge is 0.195 e. The van der Waals surface area contributed by atoms with E-state index in [0.29, 0.717) is 17.8 Å². The highest BCUT2D eigenvalue weighted by atomic mass is 16.4. The molecule has 0 amide bonds. The van der Waals surface area contributed by atoms with Crippen molar-refractivity contribution in [3.63, 3.8) is 0 Å². The number of rotatable bonds is 4. The molecular formula is C15H13NO3. The third kappa shape index (κ3) is 2.17. The van der Waals surface area contributed by atoms with Crippen LogP contribution >= 0.6 is 0 Å². The second-order valence-corrected chi connectivity index (χ2v) is 4.36. The molecule has 0 unspecified atom stereocenters. The minimum absolute atomic E-state index is 0.321. The summed E-state index contributed by atoms with van der Waals surface area (Å²) in [6, 6.07) is 9.11. The van der Waals surface area contributed by atoms with Crippen LogP contribution < -0.4 is 0 Å². The van der Waals surface area contributed by atoms with Gasteiger partial charge in [0.2, 0.25) is 0 Å². The van der Waals surface area contributed by atoms with Crippen molar-refractivity contribution in [2.24, 2.45) is 0 Å². The van der Waals surface area contributed by atoms with E-state index in [-0.39, 0.29) is 0 Å². The summed E-state index contributed by atoms with van der Waals surface area (Å²) in [4.78, 5) is 15.1. The van der Waals surface area contributed by atoms with Crippen molar-refractivity contribution < 1.29 is 13.6 Å². The fourth-order valence-electron chi connectivity index (χ4n) is 2.02. The largest absolute Gasteiger partial charge is 0.453 e. The molecule has 4 heteroatoms. The van der Waals surface area contributed by atoms with Crippen LogP contribution in [0.15, 0.2) is 39.2 Å².